The van der Waals surface area contributed by atoms with Crippen LogP contribution in [-0.2, 0) is 9.59 Å². The van der Waals surface area contributed by atoms with E-state index >= 15 is 0 Å². The number of aryl methyl sites for hydroxylation is 2. The summed E-state index contributed by atoms with van der Waals surface area (Å²) < 4.78 is 0. The molecular formula is C21H32N2O2. The van der Waals surface area contributed by atoms with Gasteiger partial charge in [0.25, 0.3) is 0 Å². The minimum absolute atomic E-state index is 0.0425. The van der Waals surface area contributed by atoms with Crippen LogP contribution in [0.15, 0.2) is 18.2 Å². The van der Waals surface area contributed by atoms with Gasteiger partial charge in [-0.15, -0.1) is 0 Å². The summed E-state index contributed by atoms with van der Waals surface area (Å²) in [7, 11) is 0. The zero-order chi connectivity index (χ0) is 18.4. The number of rotatable bonds is 6. The number of anilines is 1. The Labute approximate surface area is 151 Å². The lowest BCUT2D eigenvalue weighted by atomic mass is 9.88. The van der Waals surface area contributed by atoms with Crippen LogP contribution in [0.3, 0.4) is 0 Å². The van der Waals surface area contributed by atoms with Gasteiger partial charge >= 0.3 is 0 Å². The molecule has 0 spiro atoms. The van der Waals surface area contributed by atoms with E-state index in [1.165, 1.54) is 6.42 Å². The standard InChI is InChI=1S/C21H32N2O2/c1-14(2)10-19(23-20(24)17-8-6-5-7-9-17)21(25)22-18-12-15(3)11-16(4)13-18/h11-14,17,19H,5-10H2,1-4H3,(H,22,25)(H,23,24)/t19-/m0/s1. The predicted octanol–water partition coefficient (Wildman–Crippen LogP) is 4.35. The molecule has 2 amide bonds. The van der Waals surface area contributed by atoms with E-state index in [0.717, 1.165) is 42.5 Å². The Morgan fingerprint density at radius 1 is 1.04 bits per heavy atom. The first-order valence-electron chi connectivity index (χ1n) is 9.54. The monoisotopic (exact) mass is 344 g/mol. The van der Waals surface area contributed by atoms with Crippen molar-refractivity contribution in [3.05, 3.63) is 29.3 Å². The maximum Gasteiger partial charge on any atom is 0.246 e. The Hall–Kier alpha value is -1.84. The summed E-state index contributed by atoms with van der Waals surface area (Å²) in [6.07, 6.45) is 5.97. The molecule has 1 aliphatic rings. The van der Waals surface area contributed by atoms with Crippen LogP contribution in [0.5, 0.6) is 0 Å². The summed E-state index contributed by atoms with van der Waals surface area (Å²) in [4.78, 5) is 25.3. The van der Waals surface area contributed by atoms with Crippen LogP contribution in [0.4, 0.5) is 5.69 Å². The molecular weight excluding hydrogens is 312 g/mol. The summed E-state index contributed by atoms with van der Waals surface area (Å²) >= 11 is 0. The number of hydrogen-bond donors (Lipinski definition) is 2. The van der Waals surface area contributed by atoms with Gasteiger partial charge in [0.05, 0.1) is 0 Å². The third-order valence-corrected chi connectivity index (χ3v) is 4.81. The highest BCUT2D eigenvalue weighted by Gasteiger charge is 2.27. The summed E-state index contributed by atoms with van der Waals surface area (Å²) in [5.74, 6) is 0.322. The van der Waals surface area contributed by atoms with Crippen molar-refractivity contribution in [3.63, 3.8) is 0 Å². The zero-order valence-electron chi connectivity index (χ0n) is 16.0. The normalized spacial score (nSPS) is 16.5. The Balaban J connectivity index is 2.04. The minimum atomic E-state index is -0.477. The molecule has 2 N–H and O–H groups in total. The fourth-order valence-electron chi connectivity index (χ4n) is 3.63. The average Bonchev–Trinajstić information content (AvgIpc) is 2.53. The molecule has 2 rings (SSSR count). The highest BCUT2D eigenvalue weighted by molar-refractivity contribution is 5.97. The lowest BCUT2D eigenvalue weighted by Gasteiger charge is -2.25. The molecule has 0 heterocycles. The van der Waals surface area contributed by atoms with E-state index in [4.69, 9.17) is 0 Å². The van der Waals surface area contributed by atoms with Crippen molar-refractivity contribution in [2.45, 2.75) is 72.3 Å². The summed E-state index contributed by atoms with van der Waals surface area (Å²) in [5.41, 5.74) is 3.02. The fourth-order valence-corrected chi connectivity index (χ4v) is 3.63. The van der Waals surface area contributed by atoms with E-state index in [1.54, 1.807) is 0 Å². The van der Waals surface area contributed by atoms with Gasteiger partial charge in [-0.25, -0.2) is 0 Å². The molecule has 138 valence electrons. The Morgan fingerprint density at radius 2 is 1.64 bits per heavy atom. The number of benzene rings is 1. The number of nitrogens with one attached hydrogen (secondary N) is 2. The molecule has 0 bridgehead atoms. The molecule has 1 aromatic rings. The zero-order valence-corrected chi connectivity index (χ0v) is 16.0. The molecule has 1 saturated carbocycles. The van der Waals surface area contributed by atoms with Crippen LogP contribution >= 0.6 is 0 Å². The highest BCUT2D eigenvalue weighted by atomic mass is 16.2. The Morgan fingerprint density at radius 3 is 2.20 bits per heavy atom. The second-order valence-electron chi connectivity index (χ2n) is 7.89. The highest BCUT2D eigenvalue weighted by Crippen LogP contribution is 2.24. The van der Waals surface area contributed by atoms with Gasteiger partial charge in [-0.1, -0.05) is 39.2 Å². The lowest BCUT2D eigenvalue weighted by Crippen LogP contribution is -2.47. The SMILES string of the molecule is Cc1cc(C)cc(NC(=O)[C@H](CC(C)C)NC(=O)C2CCCCC2)c1. The molecule has 0 unspecified atom stereocenters. The van der Waals surface area contributed by atoms with E-state index < -0.39 is 6.04 Å². The second kappa shape index (κ2) is 9.02. The first-order valence-corrected chi connectivity index (χ1v) is 9.54. The van der Waals surface area contributed by atoms with Crippen molar-refractivity contribution in [3.8, 4) is 0 Å². The van der Waals surface area contributed by atoms with Gasteiger partial charge in [-0.3, -0.25) is 9.59 Å². The molecule has 0 aromatic heterocycles. The predicted molar refractivity (Wildman–Crippen MR) is 103 cm³/mol. The van der Waals surface area contributed by atoms with Gasteiger partial charge in [0.2, 0.25) is 11.8 Å². The first kappa shape index (κ1) is 19.5. The van der Waals surface area contributed by atoms with Gasteiger partial charge in [0, 0.05) is 11.6 Å². The molecule has 0 radical (unpaired) electrons. The Kier molecular flexibility index (Phi) is 7.03. The van der Waals surface area contributed by atoms with Crippen molar-refractivity contribution in [1.29, 1.82) is 0 Å². The third-order valence-electron chi connectivity index (χ3n) is 4.81. The lowest BCUT2D eigenvalue weighted by molar-refractivity contribution is -0.130. The summed E-state index contributed by atoms with van der Waals surface area (Å²) in [6.45, 7) is 8.17. The van der Waals surface area contributed by atoms with Crippen LogP contribution in [-0.4, -0.2) is 17.9 Å². The van der Waals surface area contributed by atoms with Gasteiger partial charge < -0.3 is 10.6 Å². The third kappa shape index (κ3) is 6.18. The van der Waals surface area contributed by atoms with Crippen LogP contribution < -0.4 is 10.6 Å². The van der Waals surface area contributed by atoms with E-state index in [-0.39, 0.29) is 17.7 Å². The van der Waals surface area contributed by atoms with Gasteiger partial charge in [0.15, 0.2) is 0 Å². The van der Waals surface area contributed by atoms with Crippen molar-refractivity contribution in [2.75, 3.05) is 5.32 Å². The molecule has 1 aliphatic carbocycles. The van der Waals surface area contributed by atoms with Gasteiger partial charge in [-0.2, -0.15) is 0 Å². The quantitative estimate of drug-likeness (QED) is 0.806. The molecule has 4 nitrogen and oxygen atoms in total. The molecule has 1 fully saturated rings. The van der Waals surface area contributed by atoms with Gasteiger partial charge in [-0.05, 0) is 62.3 Å². The molecule has 0 aliphatic heterocycles. The van der Waals surface area contributed by atoms with Crippen LogP contribution in [0.25, 0.3) is 0 Å². The van der Waals surface area contributed by atoms with Crippen molar-refractivity contribution in [2.24, 2.45) is 11.8 Å². The van der Waals surface area contributed by atoms with Crippen LogP contribution in [0.2, 0.25) is 0 Å². The van der Waals surface area contributed by atoms with Crippen molar-refractivity contribution < 1.29 is 9.59 Å². The van der Waals surface area contributed by atoms with E-state index in [0.29, 0.717) is 12.3 Å². The Bertz CT molecular complexity index is 584. The molecule has 1 aromatic carbocycles. The van der Waals surface area contributed by atoms with Crippen molar-refractivity contribution >= 4 is 17.5 Å². The molecule has 25 heavy (non-hydrogen) atoms. The first-order chi connectivity index (χ1) is 11.8. The average molecular weight is 344 g/mol. The summed E-state index contributed by atoms with van der Waals surface area (Å²) in [6, 6.07) is 5.52. The van der Waals surface area contributed by atoms with Crippen LogP contribution in [0.1, 0.15) is 63.5 Å². The largest absolute Gasteiger partial charge is 0.344 e. The van der Waals surface area contributed by atoms with Crippen molar-refractivity contribution in [1.82, 2.24) is 5.32 Å². The van der Waals surface area contributed by atoms with E-state index in [2.05, 4.69) is 30.5 Å². The minimum Gasteiger partial charge on any atom is -0.344 e. The molecule has 4 heteroatoms. The molecule has 1 atom stereocenters. The van der Waals surface area contributed by atoms with E-state index in [9.17, 15) is 9.59 Å². The number of hydrogen-bond acceptors (Lipinski definition) is 2. The van der Waals surface area contributed by atoms with Crippen LogP contribution in [0, 0.1) is 25.7 Å². The number of amides is 2. The smallest absolute Gasteiger partial charge is 0.246 e. The van der Waals surface area contributed by atoms with E-state index in [1.807, 2.05) is 26.0 Å². The van der Waals surface area contributed by atoms with Gasteiger partial charge in [0.1, 0.15) is 6.04 Å². The number of carbonyl (C=O) groups excluding carboxylic acids is 2. The topological polar surface area (TPSA) is 58.2 Å². The number of carbonyl (C=O) groups is 2. The fraction of sp³-hybridized carbons (Fsp3) is 0.619. The second-order valence-corrected chi connectivity index (χ2v) is 7.89. The maximum absolute atomic E-state index is 12.8. The maximum atomic E-state index is 12.8. The summed E-state index contributed by atoms with van der Waals surface area (Å²) in [5, 5.41) is 6.00. The molecule has 0 saturated heterocycles.